The van der Waals surface area contributed by atoms with Crippen molar-refractivity contribution in [2.75, 3.05) is 0 Å². The van der Waals surface area contributed by atoms with E-state index in [1.807, 2.05) is 0 Å². The molecule has 1 saturated carbocycles. The molecule has 0 aromatic heterocycles. The normalized spacial score (nSPS) is 28.2. The van der Waals surface area contributed by atoms with Crippen LogP contribution in [-0.4, -0.2) is 17.0 Å². The van der Waals surface area contributed by atoms with Gasteiger partial charge in [0, 0.05) is 5.41 Å². The number of hydrogen-bond acceptors (Lipinski definition) is 2. The zero-order chi connectivity index (χ0) is 14.0. The lowest BCUT2D eigenvalue weighted by molar-refractivity contribution is -0.238. The van der Waals surface area contributed by atoms with Crippen LogP contribution in [0, 0.1) is 17.3 Å². The molecule has 0 amide bonds. The van der Waals surface area contributed by atoms with Crippen molar-refractivity contribution in [3.05, 3.63) is 0 Å². The van der Waals surface area contributed by atoms with Crippen LogP contribution in [0.15, 0.2) is 0 Å². The number of ether oxygens (including phenoxy) is 1. The Morgan fingerprint density at radius 3 is 2.06 bits per heavy atom. The van der Waals surface area contributed by atoms with Gasteiger partial charge < -0.3 is 9.84 Å². The molecule has 0 bridgehead atoms. The van der Waals surface area contributed by atoms with Gasteiger partial charge in [-0.2, -0.15) is 0 Å². The molecule has 2 nitrogen and oxygen atoms in total. The van der Waals surface area contributed by atoms with E-state index in [9.17, 15) is 5.11 Å². The lowest BCUT2D eigenvalue weighted by Gasteiger charge is -2.42. The van der Waals surface area contributed by atoms with Crippen molar-refractivity contribution >= 4 is 0 Å². The molecule has 18 heavy (non-hydrogen) atoms. The van der Waals surface area contributed by atoms with E-state index < -0.39 is 6.29 Å². The molecule has 1 aliphatic carbocycles. The fourth-order valence-corrected chi connectivity index (χ4v) is 2.67. The van der Waals surface area contributed by atoms with Crippen molar-refractivity contribution < 1.29 is 9.84 Å². The molecule has 1 N–H and O–H groups in total. The first-order valence-corrected chi connectivity index (χ1v) is 7.55. The molecule has 108 valence electrons. The molecule has 0 radical (unpaired) electrons. The Bertz CT molecular complexity index is 250. The van der Waals surface area contributed by atoms with Crippen LogP contribution in [0.2, 0.25) is 0 Å². The van der Waals surface area contributed by atoms with Crippen LogP contribution in [0.5, 0.6) is 0 Å². The van der Waals surface area contributed by atoms with E-state index in [0.29, 0.717) is 5.92 Å². The first kappa shape index (κ1) is 16.0. The summed E-state index contributed by atoms with van der Waals surface area (Å²) in [5.41, 5.74) is -0.384. The van der Waals surface area contributed by atoms with Gasteiger partial charge in [-0.1, -0.05) is 40.5 Å². The van der Waals surface area contributed by atoms with Crippen molar-refractivity contribution in [1.82, 2.24) is 0 Å². The second kappa shape index (κ2) is 5.92. The van der Waals surface area contributed by atoms with Crippen LogP contribution < -0.4 is 0 Å². The molecule has 1 rings (SSSR count). The van der Waals surface area contributed by atoms with Crippen LogP contribution in [0.1, 0.15) is 73.6 Å². The minimum Gasteiger partial charge on any atom is -0.367 e. The highest BCUT2D eigenvalue weighted by molar-refractivity contribution is 4.85. The summed E-state index contributed by atoms with van der Waals surface area (Å²) >= 11 is 0. The number of aliphatic hydroxyl groups is 1. The summed E-state index contributed by atoms with van der Waals surface area (Å²) in [6, 6.07) is 0. The van der Waals surface area contributed by atoms with Gasteiger partial charge >= 0.3 is 0 Å². The van der Waals surface area contributed by atoms with Gasteiger partial charge in [0.25, 0.3) is 0 Å². The summed E-state index contributed by atoms with van der Waals surface area (Å²) in [6.07, 6.45) is 5.30. The third-order valence-electron chi connectivity index (χ3n) is 4.99. The molecule has 2 heteroatoms. The second-order valence-corrected chi connectivity index (χ2v) is 7.37. The minimum absolute atomic E-state index is 0.167. The monoisotopic (exact) mass is 256 g/mol. The predicted molar refractivity (Wildman–Crippen MR) is 76.4 cm³/mol. The number of aliphatic hydroxyl groups excluding tert-OH is 1. The summed E-state index contributed by atoms with van der Waals surface area (Å²) < 4.78 is 6.02. The highest BCUT2D eigenvalue weighted by atomic mass is 16.6. The van der Waals surface area contributed by atoms with E-state index in [-0.39, 0.29) is 11.0 Å². The Hall–Kier alpha value is -0.0800. The average molecular weight is 256 g/mol. The summed E-state index contributed by atoms with van der Waals surface area (Å²) in [6.45, 7) is 12.8. The van der Waals surface area contributed by atoms with Gasteiger partial charge in [0.15, 0.2) is 6.29 Å². The highest BCUT2D eigenvalue weighted by Crippen LogP contribution is 2.39. The van der Waals surface area contributed by atoms with Gasteiger partial charge in [-0.15, -0.1) is 0 Å². The van der Waals surface area contributed by atoms with Gasteiger partial charge in [-0.05, 0) is 44.9 Å². The summed E-state index contributed by atoms with van der Waals surface area (Å²) in [5, 5.41) is 10.3. The van der Waals surface area contributed by atoms with E-state index in [2.05, 4.69) is 41.5 Å². The third-order valence-corrected chi connectivity index (χ3v) is 4.99. The van der Waals surface area contributed by atoms with E-state index in [1.165, 1.54) is 25.7 Å². The van der Waals surface area contributed by atoms with Crippen LogP contribution in [-0.2, 0) is 4.74 Å². The van der Waals surface area contributed by atoms with Gasteiger partial charge in [-0.3, -0.25) is 0 Å². The van der Waals surface area contributed by atoms with Crippen molar-refractivity contribution in [1.29, 1.82) is 0 Å². The second-order valence-electron chi connectivity index (χ2n) is 7.37. The van der Waals surface area contributed by atoms with Gasteiger partial charge in [0.1, 0.15) is 0 Å². The van der Waals surface area contributed by atoms with Gasteiger partial charge in [0.2, 0.25) is 0 Å². The zero-order valence-corrected chi connectivity index (χ0v) is 13.1. The standard InChI is InChI=1S/C16H32O2/c1-7-15(3,4)14(17)18-16(5,6)13-10-8-12(2)9-11-13/h12-14,17H,7-11H2,1-6H3. The SMILES string of the molecule is CCC(C)(C)C(O)OC(C)(C)C1CCC(C)CC1. The van der Waals surface area contributed by atoms with E-state index in [4.69, 9.17) is 4.74 Å². The molecule has 0 aliphatic heterocycles. The fourth-order valence-electron chi connectivity index (χ4n) is 2.67. The predicted octanol–water partition coefficient (Wildman–Crippen LogP) is 4.36. The minimum atomic E-state index is -0.670. The summed E-state index contributed by atoms with van der Waals surface area (Å²) in [7, 11) is 0. The Morgan fingerprint density at radius 1 is 1.11 bits per heavy atom. The zero-order valence-electron chi connectivity index (χ0n) is 13.1. The van der Waals surface area contributed by atoms with Crippen molar-refractivity contribution in [2.45, 2.75) is 85.5 Å². The van der Waals surface area contributed by atoms with Crippen molar-refractivity contribution in [3.8, 4) is 0 Å². The Balaban J connectivity index is 2.58. The molecular formula is C16H32O2. The molecule has 1 atom stereocenters. The maximum Gasteiger partial charge on any atom is 0.160 e. The third kappa shape index (κ3) is 3.96. The molecule has 1 aliphatic rings. The fraction of sp³-hybridized carbons (Fsp3) is 1.00. The molecule has 0 heterocycles. The topological polar surface area (TPSA) is 29.5 Å². The van der Waals surface area contributed by atoms with E-state index >= 15 is 0 Å². The molecule has 0 aromatic carbocycles. The molecular weight excluding hydrogens is 224 g/mol. The van der Waals surface area contributed by atoms with E-state index in [1.54, 1.807) is 0 Å². The maximum atomic E-state index is 10.3. The molecule has 0 spiro atoms. The van der Waals surface area contributed by atoms with Gasteiger partial charge in [0.05, 0.1) is 5.60 Å². The van der Waals surface area contributed by atoms with Crippen molar-refractivity contribution in [2.24, 2.45) is 17.3 Å². The van der Waals surface area contributed by atoms with E-state index in [0.717, 1.165) is 12.3 Å². The first-order valence-electron chi connectivity index (χ1n) is 7.55. The summed E-state index contributed by atoms with van der Waals surface area (Å²) in [4.78, 5) is 0. The summed E-state index contributed by atoms with van der Waals surface area (Å²) in [5.74, 6) is 1.44. The molecule has 1 fully saturated rings. The Morgan fingerprint density at radius 2 is 1.61 bits per heavy atom. The van der Waals surface area contributed by atoms with Crippen LogP contribution in [0.25, 0.3) is 0 Å². The largest absolute Gasteiger partial charge is 0.367 e. The maximum absolute atomic E-state index is 10.3. The Kier molecular flexibility index (Phi) is 5.25. The quantitative estimate of drug-likeness (QED) is 0.740. The lowest BCUT2D eigenvalue weighted by Crippen LogP contribution is -2.44. The Labute approximate surface area is 113 Å². The van der Waals surface area contributed by atoms with Crippen molar-refractivity contribution in [3.63, 3.8) is 0 Å². The van der Waals surface area contributed by atoms with Gasteiger partial charge in [-0.25, -0.2) is 0 Å². The smallest absolute Gasteiger partial charge is 0.160 e. The molecule has 1 unspecified atom stereocenters. The van der Waals surface area contributed by atoms with Crippen LogP contribution >= 0.6 is 0 Å². The lowest BCUT2D eigenvalue weighted by atomic mass is 9.75. The highest BCUT2D eigenvalue weighted by Gasteiger charge is 2.38. The number of rotatable bonds is 5. The van der Waals surface area contributed by atoms with Crippen LogP contribution in [0.3, 0.4) is 0 Å². The molecule has 0 aromatic rings. The average Bonchev–Trinajstić information content (AvgIpc) is 2.29. The number of hydrogen-bond donors (Lipinski definition) is 1. The molecule has 0 saturated heterocycles. The van der Waals surface area contributed by atoms with Crippen LogP contribution in [0.4, 0.5) is 0 Å². The first-order chi connectivity index (χ1) is 8.19.